The summed E-state index contributed by atoms with van der Waals surface area (Å²) in [6.07, 6.45) is 0.743. The van der Waals surface area contributed by atoms with Gasteiger partial charge in [0.05, 0.1) is 31.2 Å². The monoisotopic (exact) mass is 545 g/mol. The molecule has 1 aliphatic rings. The van der Waals surface area contributed by atoms with Gasteiger partial charge in [-0.05, 0) is 61.2 Å². The SMILES string of the molecule is CCO/N=C1/CN(C(=O)N[C@H](CC)c2ccc(C(=O)O)c(N)c2)C(=O)[C@H](Cc2cc(Cl)ccc2OC)CN1. The lowest BCUT2D eigenvalue weighted by atomic mass is 9.97. The number of rotatable bonds is 9. The molecule has 0 unspecified atom stereocenters. The highest BCUT2D eigenvalue weighted by Crippen LogP contribution is 2.27. The number of benzene rings is 2. The van der Waals surface area contributed by atoms with Gasteiger partial charge < -0.3 is 31.0 Å². The van der Waals surface area contributed by atoms with Gasteiger partial charge in [-0.1, -0.05) is 29.7 Å². The third-order valence-electron chi connectivity index (χ3n) is 6.15. The molecule has 1 saturated heterocycles. The normalized spacial score (nSPS) is 17.4. The Morgan fingerprint density at radius 2 is 2.05 bits per heavy atom. The number of anilines is 1. The van der Waals surface area contributed by atoms with Crippen LogP contribution in [0.4, 0.5) is 10.5 Å². The number of carboxylic acids is 1. The fraction of sp³-hybridized carbons (Fsp3) is 0.385. The van der Waals surface area contributed by atoms with Crippen LogP contribution in [0.3, 0.4) is 0 Å². The van der Waals surface area contributed by atoms with E-state index in [1.165, 1.54) is 19.2 Å². The van der Waals surface area contributed by atoms with E-state index in [-0.39, 0.29) is 30.8 Å². The number of nitrogens with zero attached hydrogens (tertiary/aromatic N) is 2. The summed E-state index contributed by atoms with van der Waals surface area (Å²) in [6.45, 7) is 4.05. The van der Waals surface area contributed by atoms with E-state index in [1.807, 2.05) is 6.92 Å². The molecule has 2 aromatic carbocycles. The molecule has 2 atom stereocenters. The molecule has 1 aliphatic heterocycles. The van der Waals surface area contributed by atoms with E-state index in [0.717, 1.165) is 10.5 Å². The van der Waals surface area contributed by atoms with Gasteiger partial charge in [-0.3, -0.25) is 9.69 Å². The van der Waals surface area contributed by atoms with E-state index >= 15 is 0 Å². The Balaban J connectivity index is 1.88. The topological polar surface area (TPSA) is 156 Å². The predicted molar refractivity (Wildman–Crippen MR) is 143 cm³/mol. The molecule has 0 aliphatic carbocycles. The zero-order valence-corrected chi connectivity index (χ0v) is 22.2. The predicted octanol–water partition coefficient (Wildman–Crippen LogP) is 3.43. The Morgan fingerprint density at radius 1 is 1.29 bits per heavy atom. The first-order valence-electron chi connectivity index (χ1n) is 12.2. The van der Waals surface area contributed by atoms with Crippen LogP contribution >= 0.6 is 11.6 Å². The van der Waals surface area contributed by atoms with Gasteiger partial charge in [0.1, 0.15) is 12.4 Å². The molecule has 2 aromatic rings. The molecule has 0 saturated carbocycles. The van der Waals surface area contributed by atoms with Crippen molar-refractivity contribution in [3.8, 4) is 5.75 Å². The molecule has 3 rings (SSSR count). The van der Waals surface area contributed by atoms with Crippen molar-refractivity contribution in [1.82, 2.24) is 15.5 Å². The highest BCUT2D eigenvalue weighted by molar-refractivity contribution is 6.30. The summed E-state index contributed by atoms with van der Waals surface area (Å²) < 4.78 is 5.43. The van der Waals surface area contributed by atoms with Crippen LogP contribution in [0.2, 0.25) is 5.02 Å². The average molecular weight is 546 g/mol. The minimum absolute atomic E-state index is 0.0280. The van der Waals surface area contributed by atoms with Crippen LogP contribution in [0.15, 0.2) is 41.6 Å². The third kappa shape index (κ3) is 6.86. The number of amides is 3. The minimum atomic E-state index is -1.14. The molecule has 0 radical (unpaired) electrons. The summed E-state index contributed by atoms with van der Waals surface area (Å²) in [5.41, 5.74) is 7.31. The third-order valence-corrected chi connectivity index (χ3v) is 6.38. The molecule has 38 heavy (non-hydrogen) atoms. The van der Waals surface area contributed by atoms with E-state index in [2.05, 4.69) is 15.8 Å². The van der Waals surface area contributed by atoms with Gasteiger partial charge >= 0.3 is 12.0 Å². The lowest BCUT2D eigenvalue weighted by Crippen LogP contribution is -2.48. The van der Waals surface area contributed by atoms with Crippen LogP contribution in [0.25, 0.3) is 0 Å². The highest BCUT2D eigenvalue weighted by Gasteiger charge is 2.35. The summed E-state index contributed by atoms with van der Waals surface area (Å²) in [7, 11) is 1.53. The van der Waals surface area contributed by atoms with Crippen molar-refractivity contribution >= 4 is 41.0 Å². The number of halogens is 1. The number of ether oxygens (including phenoxy) is 1. The molecule has 12 heteroatoms. The largest absolute Gasteiger partial charge is 0.496 e. The van der Waals surface area contributed by atoms with Gasteiger partial charge in [-0.15, -0.1) is 0 Å². The van der Waals surface area contributed by atoms with E-state index in [0.29, 0.717) is 35.2 Å². The number of hydrogen-bond acceptors (Lipinski definition) is 7. The highest BCUT2D eigenvalue weighted by atomic mass is 35.5. The number of urea groups is 1. The van der Waals surface area contributed by atoms with Crippen LogP contribution in [-0.2, 0) is 16.1 Å². The number of aromatic carboxylic acids is 1. The number of amidine groups is 1. The second kappa shape index (κ2) is 13.0. The maximum absolute atomic E-state index is 13.6. The second-order valence-electron chi connectivity index (χ2n) is 8.68. The number of methoxy groups -OCH3 is 1. The van der Waals surface area contributed by atoms with Crippen molar-refractivity contribution < 1.29 is 29.1 Å². The first-order valence-corrected chi connectivity index (χ1v) is 12.6. The molecule has 5 N–H and O–H groups in total. The number of nitrogens with one attached hydrogen (secondary N) is 2. The number of carboxylic acid groups (broad SMARTS) is 1. The summed E-state index contributed by atoms with van der Waals surface area (Å²) in [5.74, 6) is -1.27. The van der Waals surface area contributed by atoms with Crippen LogP contribution in [0.1, 0.15) is 47.8 Å². The van der Waals surface area contributed by atoms with Crippen molar-refractivity contribution in [3.63, 3.8) is 0 Å². The van der Waals surface area contributed by atoms with Crippen molar-refractivity contribution in [2.24, 2.45) is 11.1 Å². The molecule has 1 heterocycles. The molecule has 204 valence electrons. The van der Waals surface area contributed by atoms with E-state index in [9.17, 15) is 19.5 Å². The number of imide groups is 1. The van der Waals surface area contributed by atoms with Gasteiger partial charge in [-0.25, -0.2) is 9.59 Å². The number of carbonyl (C=O) groups is 3. The number of nitrogen functional groups attached to an aromatic ring is 1. The first-order chi connectivity index (χ1) is 18.2. The van der Waals surface area contributed by atoms with Crippen molar-refractivity contribution in [3.05, 3.63) is 58.1 Å². The van der Waals surface area contributed by atoms with E-state index in [4.69, 9.17) is 26.9 Å². The average Bonchev–Trinajstić information content (AvgIpc) is 3.04. The van der Waals surface area contributed by atoms with Crippen molar-refractivity contribution in [2.45, 2.75) is 32.7 Å². The molecule has 1 fully saturated rings. The summed E-state index contributed by atoms with van der Waals surface area (Å²) >= 11 is 6.18. The smallest absolute Gasteiger partial charge is 0.337 e. The summed E-state index contributed by atoms with van der Waals surface area (Å²) in [4.78, 5) is 44.7. The molecule has 0 spiro atoms. The molecular formula is C26H32ClN5O6. The zero-order valence-electron chi connectivity index (χ0n) is 21.5. The summed E-state index contributed by atoms with van der Waals surface area (Å²) in [6, 6.07) is 8.52. The zero-order chi connectivity index (χ0) is 27.8. The Morgan fingerprint density at radius 3 is 2.68 bits per heavy atom. The minimum Gasteiger partial charge on any atom is -0.496 e. The number of hydrogen-bond donors (Lipinski definition) is 4. The van der Waals surface area contributed by atoms with Crippen LogP contribution in [0.5, 0.6) is 5.75 Å². The van der Waals surface area contributed by atoms with E-state index < -0.39 is 29.9 Å². The molecule has 11 nitrogen and oxygen atoms in total. The standard InChI is InChI=1S/C26H32ClN5O6/c1-4-21(15-6-8-19(25(34)35)20(28)12-15)30-26(36)32-14-23(31-38-5-2)29-13-17(24(32)33)10-16-11-18(27)7-9-22(16)37-3/h6-9,11-12,17,21H,4-5,10,13-14,28H2,1-3H3,(H,29,31)(H,30,36)(H,34,35)/t17-,21-/m1/s1. The van der Waals surface area contributed by atoms with Crippen LogP contribution in [-0.4, -0.2) is 60.6 Å². The molecular weight excluding hydrogens is 514 g/mol. The van der Waals surface area contributed by atoms with Crippen LogP contribution in [0, 0.1) is 5.92 Å². The first kappa shape index (κ1) is 28.6. The van der Waals surface area contributed by atoms with Crippen molar-refractivity contribution in [2.75, 3.05) is 32.5 Å². The van der Waals surface area contributed by atoms with Gasteiger partial charge in [0.2, 0.25) is 5.91 Å². The maximum Gasteiger partial charge on any atom is 0.337 e. The molecule has 0 bridgehead atoms. The second-order valence-corrected chi connectivity index (χ2v) is 9.12. The van der Waals surface area contributed by atoms with Gasteiger partial charge in [-0.2, -0.15) is 0 Å². The summed E-state index contributed by atoms with van der Waals surface area (Å²) in [5, 5.41) is 19.8. The number of nitrogens with two attached hydrogens (primary N) is 1. The quantitative estimate of drug-likeness (QED) is 0.276. The van der Waals surface area contributed by atoms with Crippen molar-refractivity contribution in [1.29, 1.82) is 0 Å². The van der Waals surface area contributed by atoms with Gasteiger partial charge in [0, 0.05) is 17.3 Å². The van der Waals surface area contributed by atoms with Gasteiger partial charge in [0.25, 0.3) is 0 Å². The molecule has 3 amide bonds. The lowest BCUT2D eigenvalue weighted by Gasteiger charge is -2.26. The lowest BCUT2D eigenvalue weighted by molar-refractivity contribution is -0.131. The molecule has 0 aromatic heterocycles. The fourth-order valence-electron chi connectivity index (χ4n) is 4.18. The fourth-order valence-corrected chi connectivity index (χ4v) is 4.37. The maximum atomic E-state index is 13.6. The Labute approximate surface area is 225 Å². The Bertz CT molecular complexity index is 1220. The number of carbonyl (C=O) groups excluding carboxylic acids is 2. The Kier molecular flexibility index (Phi) is 9.78. The van der Waals surface area contributed by atoms with Gasteiger partial charge in [0.15, 0.2) is 5.84 Å². The Hall–Kier alpha value is -3.99. The van der Waals surface area contributed by atoms with E-state index in [1.54, 1.807) is 31.2 Å². The van der Waals surface area contributed by atoms with Crippen LogP contribution < -0.4 is 21.1 Å². The number of oxime groups is 1.